The SMILES string of the molecule is CC(C)c1ccccc1-n1c(SCc2ccc(Cl)cc2)nnc1-c1ccc(Cl)cc1Cl. The van der Waals surface area contributed by atoms with Gasteiger partial charge >= 0.3 is 0 Å². The Morgan fingerprint density at radius 3 is 2.29 bits per heavy atom. The monoisotopic (exact) mass is 487 g/mol. The van der Waals surface area contributed by atoms with Crippen LogP contribution >= 0.6 is 46.6 Å². The van der Waals surface area contributed by atoms with Crippen molar-refractivity contribution in [1.82, 2.24) is 14.8 Å². The fraction of sp³-hybridized carbons (Fsp3) is 0.167. The quantitative estimate of drug-likeness (QED) is 0.256. The first-order valence-corrected chi connectivity index (χ1v) is 11.9. The molecule has 1 heterocycles. The van der Waals surface area contributed by atoms with Crippen molar-refractivity contribution in [3.05, 3.63) is 92.9 Å². The lowest BCUT2D eigenvalue weighted by atomic mass is 10.0. The number of para-hydroxylation sites is 1. The third kappa shape index (κ3) is 4.93. The van der Waals surface area contributed by atoms with Gasteiger partial charge in [-0.25, -0.2) is 0 Å². The zero-order valence-corrected chi connectivity index (χ0v) is 20.1. The van der Waals surface area contributed by atoms with Gasteiger partial charge in [0, 0.05) is 21.4 Å². The molecule has 158 valence electrons. The minimum absolute atomic E-state index is 0.334. The fourth-order valence-corrected chi connectivity index (χ4v) is 4.85. The zero-order valence-electron chi connectivity index (χ0n) is 17.0. The first-order valence-electron chi connectivity index (χ1n) is 9.81. The molecular formula is C24H20Cl3N3S. The molecule has 3 nitrogen and oxygen atoms in total. The molecule has 0 spiro atoms. The number of rotatable bonds is 6. The van der Waals surface area contributed by atoms with E-state index in [4.69, 9.17) is 34.8 Å². The molecule has 0 aliphatic heterocycles. The summed E-state index contributed by atoms with van der Waals surface area (Å²) in [7, 11) is 0. The number of hydrogen-bond acceptors (Lipinski definition) is 3. The lowest BCUT2D eigenvalue weighted by molar-refractivity contribution is 0.818. The first-order chi connectivity index (χ1) is 14.9. The van der Waals surface area contributed by atoms with Crippen molar-refractivity contribution in [2.45, 2.75) is 30.7 Å². The molecule has 0 fully saturated rings. The predicted octanol–water partition coefficient (Wildman–Crippen LogP) is 8.31. The molecule has 0 aliphatic rings. The maximum absolute atomic E-state index is 6.54. The summed E-state index contributed by atoms with van der Waals surface area (Å²) in [5, 5.41) is 11.7. The maximum atomic E-state index is 6.54. The number of benzene rings is 3. The van der Waals surface area contributed by atoms with Crippen LogP contribution in [0, 0.1) is 0 Å². The van der Waals surface area contributed by atoms with Crippen molar-refractivity contribution in [3.8, 4) is 17.1 Å². The molecule has 1 aromatic heterocycles. The summed E-state index contributed by atoms with van der Waals surface area (Å²) in [5.74, 6) is 1.77. The molecule has 0 N–H and O–H groups in total. The smallest absolute Gasteiger partial charge is 0.196 e. The van der Waals surface area contributed by atoms with Crippen LogP contribution in [0.1, 0.15) is 30.9 Å². The van der Waals surface area contributed by atoms with E-state index in [9.17, 15) is 0 Å². The standard InChI is InChI=1S/C24H20Cl3N3S/c1-15(2)19-5-3-4-6-22(19)30-23(20-12-11-18(26)13-21(20)27)28-29-24(30)31-14-16-7-9-17(25)10-8-16/h3-13,15H,14H2,1-2H3. The average molecular weight is 489 g/mol. The molecule has 4 rings (SSSR count). The van der Waals surface area contributed by atoms with Gasteiger partial charge in [-0.05, 0) is 53.4 Å². The van der Waals surface area contributed by atoms with Gasteiger partial charge < -0.3 is 0 Å². The molecule has 0 aliphatic carbocycles. The van der Waals surface area contributed by atoms with Gasteiger partial charge in [-0.1, -0.05) is 90.7 Å². The number of nitrogens with zero attached hydrogens (tertiary/aromatic N) is 3. The second-order valence-corrected chi connectivity index (χ2v) is 9.62. The summed E-state index contributed by atoms with van der Waals surface area (Å²) >= 11 is 20.3. The molecule has 31 heavy (non-hydrogen) atoms. The Bertz CT molecular complexity index is 1200. The van der Waals surface area contributed by atoms with Gasteiger partial charge in [0.2, 0.25) is 0 Å². The molecule has 0 saturated carbocycles. The fourth-order valence-electron chi connectivity index (χ4n) is 3.33. The third-order valence-corrected chi connectivity index (χ3v) is 6.69. The van der Waals surface area contributed by atoms with Crippen LogP contribution in [0.2, 0.25) is 15.1 Å². The van der Waals surface area contributed by atoms with Crippen molar-refractivity contribution in [2.24, 2.45) is 0 Å². The van der Waals surface area contributed by atoms with E-state index >= 15 is 0 Å². The lowest BCUT2D eigenvalue weighted by Crippen LogP contribution is -2.05. The highest BCUT2D eigenvalue weighted by atomic mass is 35.5. The van der Waals surface area contributed by atoms with Gasteiger partial charge in [0.05, 0.1) is 10.7 Å². The van der Waals surface area contributed by atoms with E-state index in [0.717, 1.165) is 32.7 Å². The van der Waals surface area contributed by atoms with Gasteiger partial charge in [-0.15, -0.1) is 10.2 Å². The highest BCUT2D eigenvalue weighted by molar-refractivity contribution is 7.98. The summed E-state index contributed by atoms with van der Waals surface area (Å²) in [6, 6.07) is 21.6. The van der Waals surface area contributed by atoms with Gasteiger partial charge in [-0.3, -0.25) is 4.57 Å². The van der Waals surface area contributed by atoms with Gasteiger partial charge in [-0.2, -0.15) is 0 Å². The number of hydrogen-bond donors (Lipinski definition) is 0. The van der Waals surface area contributed by atoms with E-state index in [1.807, 2.05) is 42.5 Å². The number of halogens is 3. The maximum Gasteiger partial charge on any atom is 0.196 e. The second kappa shape index (κ2) is 9.66. The first kappa shape index (κ1) is 22.2. The van der Waals surface area contributed by atoms with Crippen molar-refractivity contribution < 1.29 is 0 Å². The topological polar surface area (TPSA) is 30.7 Å². The molecule has 0 atom stereocenters. The van der Waals surface area contributed by atoms with Crippen LogP contribution in [-0.4, -0.2) is 14.8 Å². The van der Waals surface area contributed by atoms with Gasteiger partial charge in [0.15, 0.2) is 11.0 Å². The van der Waals surface area contributed by atoms with E-state index in [0.29, 0.717) is 21.8 Å². The van der Waals surface area contributed by atoms with Crippen LogP contribution in [-0.2, 0) is 5.75 Å². The summed E-state index contributed by atoms with van der Waals surface area (Å²) in [5.41, 5.74) is 4.20. The zero-order chi connectivity index (χ0) is 22.0. The highest BCUT2D eigenvalue weighted by Gasteiger charge is 2.21. The minimum Gasteiger partial charge on any atom is -0.270 e. The van der Waals surface area contributed by atoms with Crippen LogP contribution in [0.3, 0.4) is 0 Å². The minimum atomic E-state index is 0.334. The summed E-state index contributed by atoms with van der Waals surface area (Å²) < 4.78 is 2.09. The Morgan fingerprint density at radius 2 is 1.58 bits per heavy atom. The summed E-state index contributed by atoms with van der Waals surface area (Å²) in [4.78, 5) is 0. The Kier molecular flexibility index (Phi) is 6.92. The molecule has 0 bridgehead atoms. The summed E-state index contributed by atoms with van der Waals surface area (Å²) in [6.45, 7) is 4.36. The van der Waals surface area contributed by atoms with Crippen molar-refractivity contribution in [2.75, 3.05) is 0 Å². The van der Waals surface area contributed by atoms with Crippen LogP contribution in [0.4, 0.5) is 0 Å². The predicted molar refractivity (Wildman–Crippen MR) is 132 cm³/mol. The van der Waals surface area contributed by atoms with E-state index < -0.39 is 0 Å². The van der Waals surface area contributed by atoms with Crippen molar-refractivity contribution in [3.63, 3.8) is 0 Å². The number of aromatic nitrogens is 3. The molecule has 3 aromatic carbocycles. The van der Waals surface area contributed by atoms with E-state index in [2.05, 4.69) is 46.8 Å². The normalized spacial score (nSPS) is 11.3. The van der Waals surface area contributed by atoms with E-state index in [1.54, 1.807) is 17.8 Å². The molecule has 7 heteroatoms. The average Bonchev–Trinajstić information content (AvgIpc) is 3.16. The Morgan fingerprint density at radius 1 is 0.871 bits per heavy atom. The second-order valence-electron chi connectivity index (χ2n) is 7.39. The van der Waals surface area contributed by atoms with Crippen molar-refractivity contribution in [1.29, 1.82) is 0 Å². The molecule has 0 unspecified atom stereocenters. The molecule has 0 amide bonds. The summed E-state index contributed by atoms with van der Waals surface area (Å²) in [6.07, 6.45) is 0. The Labute approximate surface area is 201 Å². The molecule has 0 radical (unpaired) electrons. The van der Waals surface area contributed by atoms with Crippen LogP contribution < -0.4 is 0 Å². The van der Waals surface area contributed by atoms with Crippen LogP contribution in [0.15, 0.2) is 71.9 Å². The number of thioether (sulfide) groups is 1. The Hall–Kier alpha value is -1.98. The van der Waals surface area contributed by atoms with Gasteiger partial charge in [0.25, 0.3) is 0 Å². The van der Waals surface area contributed by atoms with E-state index in [1.165, 1.54) is 5.56 Å². The largest absolute Gasteiger partial charge is 0.270 e. The lowest BCUT2D eigenvalue weighted by Gasteiger charge is -2.17. The third-order valence-electron chi connectivity index (χ3n) is 4.89. The molecular weight excluding hydrogens is 469 g/mol. The van der Waals surface area contributed by atoms with E-state index in [-0.39, 0.29) is 0 Å². The molecule has 4 aromatic rings. The highest BCUT2D eigenvalue weighted by Crippen LogP contribution is 2.36. The Balaban J connectivity index is 1.82. The van der Waals surface area contributed by atoms with Gasteiger partial charge in [0.1, 0.15) is 0 Å². The van der Waals surface area contributed by atoms with Crippen LogP contribution in [0.5, 0.6) is 0 Å². The van der Waals surface area contributed by atoms with Crippen LogP contribution in [0.25, 0.3) is 17.1 Å². The molecule has 0 saturated heterocycles. The van der Waals surface area contributed by atoms with Crippen molar-refractivity contribution >= 4 is 46.6 Å².